The molecule has 0 saturated heterocycles. The van der Waals surface area contributed by atoms with Gasteiger partial charge in [-0.2, -0.15) is 0 Å². The smallest absolute Gasteiger partial charge is 0.161 e. The highest BCUT2D eigenvalue weighted by Crippen LogP contribution is 2.32. The summed E-state index contributed by atoms with van der Waals surface area (Å²) in [5.41, 5.74) is 7.26. The number of nitrogens with zero attached hydrogens (tertiary/aromatic N) is 1. The van der Waals surface area contributed by atoms with E-state index in [0.717, 1.165) is 43.9 Å². The van der Waals surface area contributed by atoms with E-state index < -0.39 is 0 Å². The van der Waals surface area contributed by atoms with Crippen LogP contribution in [-0.4, -0.2) is 38.3 Å². The predicted molar refractivity (Wildman–Crippen MR) is 92.7 cm³/mol. The summed E-state index contributed by atoms with van der Waals surface area (Å²) >= 11 is 0. The summed E-state index contributed by atoms with van der Waals surface area (Å²) in [7, 11) is 1.69. The number of nitrogens with two attached hydrogens (primary N) is 1. The Morgan fingerprint density at radius 3 is 2.23 bits per heavy atom. The average molecular weight is 308 g/mol. The van der Waals surface area contributed by atoms with Crippen molar-refractivity contribution >= 4 is 0 Å². The topological polar surface area (TPSA) is 47.7 Å². The molecule has 4 heteroatoms. The van der Waals surface area contributed by atoms with E-state index in [9.17, 15) is 0 Å². The molecule has 126 valence electrons. The summed E-state index contributed by atoms with van der Waals surface area (Å²) in [6.45, 7) is 9.94. The normalized spacial score (nSPS) is 12.5. The van der Waals surface area contributed by atoms with Crippen LogP contribution in [0, 0.1) is 0 Å². The molecule has 0 heterocycles. The molecule has 1 rings (SSSR count). The minimum Gasteiger partial charge on any atom is -0.493 e. The Morgan fingerprint density at radius 1 is 1.05 bits per heavy atom. The van der Waals surface area contributed by atoms with Crippen molar-refractivity contribution in [1.82, 2.24) is 4.90 Å². The van der Waals surface area contributed by atoms with Gasteiger partial charge in [-0.05, 0) is 50.0 Å². The summed E-state index contributed by atoms with van der Waals surface area (Å²) < 4.78 is 11.2. The van der Waals surface area contributed by atoms with E-state index in [0.29, 0.717) is 13.2 Å². The van der Waals surface area contributed by atoms with Crippen LogP contribution in [0.4, 0.5) is 0 Å². The van der Waals surface area contributed by atoms with Crippen molar-refractivity contribution in [3.8, 4) is 11.5 Å². The van der Waals surface area contributed by atoms with Crippen molar-refractivity contribution in [2.24, 2.45) is 5.73 Å². The molecule has 0 radical (unpaired) electrons. The third-order valence-corrected chi connectivity index (χ3v) is 3.72. The molecule has 4 nitrogen and oxygen atoms in total. The number of methoxy groups -OCH3 is 1. The molecule has 0 spiro atoms. The van der Waals surface area contributed by atoms with Gasteiger partial charge in [0.2, 0.25) is 0 Å². The summed E-state index contributed by atoms with van der Waals surface area (Å²) in [5.74, 6) is 1.60. The maximum Gasteiger partial charge on any atom is 0.161 e. The fraction of sp³-hybridized carbons (Fsp3) is 0.667. The second kappa shape index (κ2) is 10.5. The maximum absolute atomic E-state index is 6.06. The van der Waals surface area contributed by atoms with Gasteiger partial charge >= 0.3 is 0 Å². The van der Waals surface area contributed by atoms with Gasteiger partial charge in [-0.3, -0.25) is 4.90 Å². The van der Waals surface area contributed by atoms with Crippen LogP contribution >= 0.6 is 0 Å². The number of rotatable bonds is 11. The molecule has 1 atom stereocenters. The van der Waals surface area contributed by atoms with Gasteiger partial charge in [0, 0.05) is 12.6 Å². The van der Waals surface area contributed by atoms with Crippen LogP contribution in [0.15, 0.2) is 18.2 Å². The van der Waals surface area contributed by atoms with Crippen LogP contribution in [0.25, 0.3) is 0 Å². The SMILES string of the molecule is CCCOc1ccc(C(CN)N(CCC)CCC)cc1OC. The lowest BCUT2D eigenvalue weighted by molar-refractivity contribution is 0.201. The monoisotopic (exact) mass is 308 g/mol. The first-order chi connectivity index (χ1) is 10.7. The summed E-state index contributed by atoms with van der Waals surface area (Å²) in [6, 6.07) is 6.42. The van der Waals surface area contributed by atoms with E-state index >= 15 is 0 Å². The Morgan fingerprint density at radius 2 is 1.73 bits per heavy atom. The van der Waals surface area contributed by atoms with Crippen LogP contribution in [-0.2, 0) is 0 Å². The third kappa shape index (κ3) is 5.18. The molecular weight excluding hydrogens is 276 g/mol. The zero-order valence-electron chi connectivity index (χ0n) is 14.6. The molecule has 1 unspecified atom stereocenters. The van der Waals surface area contributed by atoms with E-state index in [2.05, 4.69) is 37.8 Å². The van der Waals surface area contributed by atoms with Crippen molar-refractivity contribution in [1.29, 1.82) is 0 Å². The Hall–Kier alpha value is -1.26. The van der Waals surface area contributed by atoms with Crippen molar-refractivity contribution in [2.75, 3.05) is 33.4 Å². The van der Waals surface area contributed by atoms with Gasteiger partial charge in [0.05, 0.1) is 13.7 Å². The average Bonchev–Trinajstić information content (AvgIpc) is 2.54. The highest BCUT2D eigenvalue weighted by Gasteiger charge is 2.19. The molecule has 0 fully saturated rings. The minimum absolute atomic E-state index is 0.231. The van der Waals surface area contributed by atoms with Crippen molar-refractivity contribution in [2.45, 2.75) is 46.1 Å². The van der Waals surface area contributed by atoms with Crippen molar-refractivity contribution < 1.29 is 9.47 Å². The Kier molecular flexibility index (Phi) is 8.94. The molecule has 0 amide bonds. The minimum atomic E-state index is 0.231. The molecule has 0 aliphatic carbocycles. The predicted octanol–water partition coefficient (Wildman–Crippen LogP) is 3.61. The van der Waals surface area contributed by atoms with Crippen LogP contribution in [0.2, 0.25) is 0 Å². The van der Waals surface area contributed by atoms with E-state index in [-0.39, 0.29) is 6.04 Å². The number of ether oxygens (including phenoxy) is 2. The van der Waals surface area contributed by atoms with Gasteiger partial charge in [-0.25, -0.2) is 0 Å². The third-order valence-electron chi connectivity index (χ3n) is 3.72. The van der Waals surface area contributed by atoms with Gasteiger partial charge in [-0.15, -0.1) is 0 Å². The van der Waals surface area contributed by atoms with Gasteiger partial charge in [-0.1, -0.05) is 26.8 Å². The molecule has 0 bridgehead atoms. The van der Waals surface area contributed by atoms with E-state index in [1.54, 1.807) is 7.11 Å². The largest absolute Gasteiger partial charge is 0.493 e. The molecule has 0 saturated carbocycles. The summed E-state index contributed by atoms with van der Waals surface area (Å²) in [5, 5.41) is 0. The van der Waals surface area contributed by atoms with Gasteiger partial charge in [0.1, 0.15) is 0 Å². The molecule has 2 N–H and O–H groups in total. The fourth-order valence-electron chi connectivity index (χ4n) is 2.72. The second-order valence-corrected chi connectivity index (χ2v) is 5.55. The Labute approximate surface area is 135 Å². The lowest BCUT2D eigenvalue weighted by Crippen LogP contribution is -2.35. The standard InChI is InChI=1S/C18H32N2O2/c1-5-10-20(11-6-2)16(14-19)15-8-9-17(22-12-7-3)18(13-15)21-4/h8-9,13,16H,5-7,10-12,14,19H2,1-4H3. The van der Waals surface area contributed by atoms with Crippen LogP contribution in [0.1, 0.15) is 51.6 Å². The number of hydrogen-bond acceptors (Lipinski definition) is 4. The van der Waals surface area contributed by atoms with Gasteiger partial charge < -0.3 is 15.2 Å². The maximum atomic E-state index is 6.06. The van der Waals surface area contributed by atoms with E-state index in [4.69, 9.17) is 15.2 Å². The zero-order valence-corrected chi connectivity index (χ0v) is 14.6. The molecule has 1 aromatic rings. The quantitative estimate of drug-likeness (QED) is 0.678. The van der Waals surface area contributed by atoms with Crippen LogP contribution in [0.3, 0.4) is 0 Å². The molecule has 0 aromatic heterocycles. The first-order valence-electron chi connectivity index (χ1n) is 8.46. The Balaban J connectivity index is 3.00. The zero-order chi connectivity index (χ0) is 16.4. The Bertz CT molecular complexity index is 418. The van der Waals surface area contributed by atoms with Gasteiger partial charge in [0.15, 0.2) is 11.5 Å². The lowest BCUT2D eigenvalue weighted by Gasteiger charge is -2.31. The fourth-order valence-corrected chi connectivity index (χ4v) is 2.72. The lowest BCUT2D eigenvalue weighted by atomic mass is 10.0. The first-order valence-corrected chi connectivity index (χ1v) is 8.46. The van der Waals surface area contributed by atoms with Crippen LogP contribution in [0.5, 0.6) is 11.5 Å². The highest BCUT2D eigenvalue weighted by molar-refractivity contribution is 5.44. The molecule has 1 aromatic carbocycles. The molecular formula is C18H32N2O2. The molecule has 0 aliphatic rings. The summed E-state index contributed by atoms with van der Waals surface area (Å²) in [4.78, 5) is 2.46. The summed E-state index contributed by atoms with van der Waals surface area (Å²) in [6.07, 6.45) is 3.24. The van der Waals surface area contributed by atoms with Crippen LogP contribution < -0.4 is 15.2 Å². The number of hydrogen-bond donors (Lipinski definition) is 1. The van der Waals surface area contributed by atoms with Gasteiger partial charge in [0.25, 0.3) is 0 Å². The number of benzene rings is 1. The van der Waals surface area contributed by atoms with E-state index in [1.165, 1.54) is 5.56 Å². The molecule has 0 aliphatic heterocycles. The second-order valence-electron chi connectivity index (χ2n) is 5.55. The first kappa shape index (κ1) is 18.8. The van der Waals surface area contributed by atoms with Crippen molar-refractivity contribution in [3.63, 3.8) is 0 Å². The van der Waals surface area contributed by atoms with Crippen molar-refractivity contribution in [3.05, 3.63) is 23.8 Å². The molecule has 22 heavy (non-hydrogen) atoms. The van der Waals surface area contributed by atoms with E-state index in [1.807, 2.05) is 6.07 Å². The highest BCUT2D eigenvalue weighted by atomic mass is 16.5.